The number of aryl methyl sites for hydroxylation is 1. The normalized spacial score (nSPS) is 16.9. The summed E-state index contributed by atoms with van der Waals surface area (Å²) in [5, 5.41) is 4.03. The van der Waals surface area contributed by atoms with Crippen LogP contribution in [0.15, 0.2) is 75.6 Å². The molecule has 0 spiro atoms. The number of benzene rings is 2. The molecule has 1 fully saturated rings. The summed E-state index contributed by atoms with van der Waals surface area (Å²) in [6.07, 6.45) is 1.07. The first kappa shape index (κ1) is 21.6. The molecule has 0 atom stereocenters. The summed E-state index contributed by atoms with van der Waals surface area (Å²) in [7, 11) is -3.94. The number of anilines is 1. The molecule has 8 nitrogen and oxygen atoms in total. The van der Waals surface area contributed by atoms with Gasteiger partial charge in [0.2, 0.25) is 5.17 Å². The fraction of sp³-hybridized carbons (Fsp3) is 0.150. The van der Waals surface area contributed by atoms with E-state index < -0.39 is 21.9 Å². The van der Waals surface area contributed by atoms with Crippen molar-refractivity contribution >= 4 is 44.5 Å². The zero-order valence-electron chi connectivity index (χ0n) is 16.2. The van der Waals surface area contributed by atoms with Crippen LogP contribution in [0, 0.1) is 6.92 Å². The number of hydrogen-bond donors (Lipinski definition) is 1. The number of amides is 1. The molecule has 3 rings (SSSR count). The number of nitrogens with zero attached hydrogens (tertiary/aromatic N) is 2. The van der Waals surface area contributed by atoms with Crippen LogP contribution in [-0.4, -0.2) is 32.1 Å². The third kappa shape index (κ3) is 4.89. The Morgan fingerprint density at radius 1 is 1.17 bits per heavy atom. The highest BCUT2D eigenvalue weighted by molar-refractivity contribution is 8.19. The Hall–Kier alpha value is -3.11. The average Bonchev–Trinajstić information content (AvgIpc) is 3.03. The summed E-state index contributed by atoms with van der Waals surface area (Å²) in [6.45, 7) is 3.67. The first-order valence-electron chi connectivity index (χ1n) is 8.94. The molecule has 0 bridgehead atoms. The Labute approximate surface area is 178 Å². The first-order chi connectivity index (χ1) is 14.3. The Balaban J connectivity index is 1.94. The Bertz CT molecular complexity index is 1110. The minimum atomic E-state index is -3.94. The molecule has 2 aromatic rings. The monoisotopic (exact) mass is 445 g/mol. The molecule has 1 aliphatic heterocycles. The predicted molar refractivity (Wildman–Crippen MR) is 115 cm³/mol. The second kappa shape index (κ2) is 9.14. The number of para-hydroxylation sites is 1. The minimum absolute atomic E-state index is 0.0420. The quantitative estimate of drug-likeness (QED) is 0.416. The molecule has 2 aromatic carbocycles. The molecule has 156 valence electrons. The molecule has 0 radical (unpaired) electrons. The second-order valence-corrected chi connectivity index (χ2v) is 8.81. The molecule has 0 aromatic heterocycles. The van der Waals surface area contributed by atoms with E-state index in [0.717, 1.165) is 23.4 Å². The van der Waals surface area contributed by atoms with E-state index >= 15 is 0 Å². The van der Waals surface area contributed by atoms with Crippen molar-refractivity contribution in [3.8, 4) is 0 Å². The van der Waals surface area contributed by atoms with Gasteiger partial charge in [-0.15, -0.1) is 5.10 Å². The maximum atomic E-state index is 12.9. The third-order valence-electron chi connectivity index (χ3n) is 3.95. The van der Waals surface area contributed by atoms with Gasteiger partial charge in [0.05, 0.1) is 22.1 Å². The van der Waals surface area contributed by atoms with Gasteiger partial charge in [-0.05, 0) is 49.9 Å². The predicted octanol–water partition coefficient (Wildman–Crippen LogP) is 2.77. The number of esters is 1. The van der Waals surface area contributed by atoms with E-state index in [2.05, 4.69) is 9.93 Å². The number of carbonyl (C=O) groups excluding carboxylic acids is 2. The van der Waals surface area contributed by atoms with Crippen LogP contribution in [0.1, 0.15) is 12.5 Å². The average molecular weight is 446 g/mol. The van der Waals surface area contributed by atoms with Gasteiger partial charge in [0.15, 0.2) is 0 Å². The molecule has 0 aliphatic carbocycles. The van der Waals surface area contributed by atoms with Gasteiger partial charge in [0.1, 0.15) is 0 Å². The van der Waals surface area contributed by atoms with Crippen LogP contribution in [-0.2, 0) is 24.3 Å². The molecule has 30 heavy (non-hydrogen) atoms. The minimum Gasteiger partial charge on any atom is -0.463 e. The molecular formula is C20H19N3O5S2. The van der Waals surface area contributed by atoms with Crippen LogP contribution in [0.4, 0.5) is 5.69 Å². The SMILES string of the molecule is CCOC(=O)/C=C1\S/C(=N\NS(=O)(=O)c2ccc(C)cc2)N(c2ccccc2)C1=O. The van der Waals surface area contributed by atoms with Crippen LogP contribution in [0.25, 0.3) is 0 Å². The van der Waals surface area contributed by atoms with E-state index in [1.807, 2.05) is 6.92 Å². The molecule has 10 heteroatoms. The molecule has 1 saturated heterocycles. The lowest BCUT2D eigenvalue weighted by Gasteiger charge is -2.15. The van der Waals surface area contributed by atoms with Gasteiger partial charge in [-0.2, -0.15) is 13.2 Å². The Morgan fingerprint density at radius 3 is 2.47 bits per heavy atom. The summed E-state index contributed by atoms with van der Waals surface area (Å²) in [6, 6.07) is 14.9. The molecule has 0 unspecified atom stereocenters. The number of thioether (sulfide) groups is 1. The molecule has 1 aliphatic rings. The summed E-state index contributed by atoms with van der Waals surface area (Å²) in [5.41, 5.74) is 1.40. The van der Waals surface area contributed by atoms with Gasteiger partial charge in [-0.3, -0.25) is 9.69 Å². The van der Waals surface area contributed by atoms with Crippen LogP contribution in [0.3, 0.4) is 0 Å². The summed E-state index contributed by atoms with van der Waals surface area (Å²) in [4.78, 5) is 28.2. The lowest BCUT2D eigenvalue weighted by Crippen LogP contribution is -2.31. The zero-order valence-corrected chi connectivity index (χ0v) is 17.9. The summed E-state index contributed by atoms with van der Waals surface area (Å²) in [5.74, 6) is -1.17. The fourth-order valence-electron chi connectivity index (χ4n) is 2.51. The smallest absolute Gasteiger partial charge is 0.332 e. The Kier molecular flexibility index (Phi) is 6.58. The van der Waals surface area contributed by atoms with Gasteiger partial charge in [-0.25, -0.2) is 4.79 Å². The number of nitrogens with one attached hydrogen (secondary N) is 1. The highest BCUT2D eigenvalue weighted by atomic mass is 32.2. The van der Waals surface area contributed by atoms with Crippen LogP contribution >= 0.6 is 11.8 Å². The van der Waals surface area contributed by atoms with Gasteiger partial charge < -0.3 is 4.74 Å². The zero-order chi connectivity index (χ0) is 21.7. The third-order valence-corrected chi connectivity index (χ3v) is 6.14. The number of ether oxygens (including phenoxy) is 1. The van der Waals surface area contributed by atoms with Crippen molar-refractivity contribution in [1.29, 1.82) is 0 Å². The second-order valence-electron chi connectivity index (χ2n) is 6.14. The highest BCUT2D eigenvalue weighted by Gasteiger charge is 2.36. The van der Waals surface area contributed by atoms with Crippen molar-refractivity contribution in [2.24, 2.45) is 5.10 Å². The lowest BCUT2D eigenvalue weighted by atomic mass is 10.2. The topological polar surface area (TPSA) is 105 Å². The van der Waals surface area contributed by atoms with Crippen LogP contribution < -0.4 is 9.73 Å². The van der Waals surface area contributed by atoms with Crippen molar-refractivity contribution in [2.75, 3.05) is 11.5 Å². The maximum Gasteiger partial charge on any atom is 0.332 e. The Morgan fingerprint density at radius 2 is 1.83 bits per heavy atom. The number of hydrogen-bond acceptors (Lipinski definition) is 7. The highest BCUT2D eigenvalue weighted by Crippen LogP contribution is 2.34. The van der Waals surface area contributed by atoms with Crippen molar-refractivity contribution in [3.05, 3.63) is 71.1 Å². The molecule has 1 amide bonds. The number of hydrazone groups is 1. The van der Waals surface area contributed by atoms with E-state index in [4.69, 9.17) is 4.74 Å². The largest absolute Gasteiger partial charge is 0.463 e. The standard InChI is InChI=1S/C20H19N3O5S2/c1-3-28-18(24)13-17-19(25)23(15-7-5-4-6-8-15)20(29-17)21-22-30(26,27)16-11-9-14(2)10-12-16/h4-13,22H,3H2,1-2H3/b17-13-,21-20-. The molecule has 1 heterocycles. The summed E-state index contributed by atoms with van der Waals surface area (Å²) < 4.78 is 30.0. The van der Waals surface area contributed by atoms with Crippen LogP contribution in [0.2, 0.25) is 0 Å². The first-order valence-corrected chi connectivity index (χ1v) is 11.2. The van der Waals surface area contributed by atoms with Crippen molar-refractivity contribution in [3.63, 3.8) is 0 Å². The summed E-state index contributed by atoms with van der Waals surface area (Å²) >= 11 is 0.874. The van der Waals surface area contributed by atoms with Gasteiger partial charge in [-0.1, -0.05) is 35.9 Å². The molecular weight excluding hydrogens is 426 g/mol. The van der Waals surface area contributed by atoms with E-state index in [0.29, 0.717) is 5.69 Å². The van der Waals surface area contributed by atoms with Crippen molar-refractivity contribution < 1.29 is 22.7 Å². The lowest BCUT2D eigenvalue weighted by molar-refractivity contribution is -0.137. The van der Waals surface area contributed by atoms with Gasteiger partial charge in [0, 0.05) is 6.08 Å². The van der Waals surface area contributed by atoms with Crippen molar-refractivity contribution in [2.45, 2.75) is 18.7 Å². The van der Waals surface area contributed by atoms with Crippen LogP contribution in [0.5, 0.6) is 0 Å². The van der Waals surface area contributed by atoms with E-state index in [1.165, 1.54) is 17.0 Å². The molecule has 1 N–H and O–H groups in total. The van der Waals surface area contributed by atoms with Gasteiger partial charge >= 0.3 is 5.97 Å². The number of sulfonamides is 1. The van der Waals surface area contributed by atoms with Gasteiger partial charge in [0.25, 0.3) is 15.9 Å². The van der Waals surface area contributed by atoms with E-state index in [1.54, 1.807) is 49.4 Å². The van der Waals surface area contributed by atoms with E-state index in [9.17, 15) is 18.0 Å². The number of carbonyl (C=O) groups is 2. The maximum absolute atomic E-state index is 12.9. The fourth-order valence-corrected chi connectivity index (χ4v) is 4.28. The molecule has 0 saturated carbocycles. The van der Waals surface area contributed by atoms with E-state index in [-0.39, 0.29) is 21.6 Å². The number of rotatable bonds is 6. The number of amidine groups is 1. The van der Waals surface area contributed by atoms with Crippen molar-refractivity contribution in [1.82, 2.24) is 4.83 Å².